The lowest BCUT2D eigenvalue weighted by Gasteiger charge is -2.44. The van der Waals surface area contributed by atoms with Gasteiger partial charge in [-0.15, -0.1) is 0 Å². The van der Waals surface area contributed by atoms with Crippen LogP contribution in [-0.4, -0.2) is 107 Å². The molecule has 1 unspecified atom stereocenters. The highest BCUT2D eigenvalue weighted by Gasteiger charge is 2.48. The number of aromatic nitrogens is 12. The number of aryl methyl sites for hydroxylation is 3. The van der Waals surface area contributed by atoms with Gasteiger partial charge in [-0.3, -0.25) is 4.79 Å². The number of halogens is 4. The summed E-state index contributed by atoms with van der Waals surface area (Å²) in [6.07, 6.45) is 17.6. The van der Waals surface area contributed by atoms with E-state index in [9.17, 15) is 18.7 Å². The number of aliphatic hydroxyl groups excluding tert-OH is 1. The van der Waals surface area contributed by atoms with Gasteiger partial charge in [0.1, 0.15) is 28.9 Å². The molecule has 12 heterocycles. The fourth-order valence-electron chi connectivity index (χ4n) is 15.1. The van der Waals surface area contributed by atoms with Crippen LogP contribution in [-0.2, 0) is 19.3 Å². The Hall–Kier alpha value is -9.25. The molecule has 0 fully saturated rings. The highest BCUT2D eigenvalue weighted by Crippen LogP contribution is 2.47. The number of ether oxygens (including phenoxy) is 3. The number of H-pyrrole nitrogens is 1. The molecule has 0 aromatic carbocycles. The number of nitrogens with one attached hydrogen (secondary N) is 2. The minimum absolute atomic E-state index is 0. The lowest BCUT2D eigenvalue weighted by atomic mass is 10.0. The Balaban J connectivity index is 0.000000184. The second-order valence-corrected chi connectivity index (χ2v) is 40.8. The molecule has 0 bridgehead atoms. The first-order valence-corrected chi connectivity index (χ1v) is 40.4. The van der Waals surface area contributed by atoms with E-state index in [2.05, 4.69) is 185 Å². The van der Waals surface area contributed by atoms with E-state index in [-0.39, 0.29) is 18.6 Å². The molecule has 105 heavy (non-hydrogen) atoms. The summed E-state index contributed by atoms with van der Waals surface area (Å²) in [5.41, 5.74) is 15.6. The van der Waals surface area contributed by atoms with E-state index in [0.29, 0.717) is 110 Å². The molecule has 0 saturated heterocycles. The Morgan fingerprint density at radius 1 is 0.514 bits per heavy atom. The van der Waals surface area contributed by atoms with Gasteiger partial charge in [0, 0.05) is 135 Å². The van der Waals surface area contributed by atoms with E-state index in [1.54, 1.807) is 69.1 Å². The minimum atomic E-state index is -2.17. The first-order valence-electron chi connectivity index (χ1n) is 35.0. The predicted octanol–water partition coefficient (Wildman–Crippen LogP) is 19.8. The molecule has 12 rings (SSSR count). The smallest absolute Gasteiger partial charge is 0.225 e. The molecule has 12 aromatic heterocycles. The normalized spacial score (nSPS) is 11.9. The van der Waals surface area contributed by atoms with Gasteiger partial charge in [0.2, 0.25) is 35.5 Å². The quantitative estimate of drug-likeness (QED) is 0.0249. The van der Waals surface area contributed by atoms with E-state index in [4.69, 9.17) is 24.2 Å². The second-order valence-electron chi connectivity index (χ2n) is 28.2. The lowest BCUT2D eigenvalue weighted by molar-refractivity contribution is 0.111. The van der Waals surface area contributed by atoms with E-state index in [0.717, 1.165) is 49.9 Å². The van der Waals surface area contributed by atoms with Crippen LogP contribution in [0.5, 0.6) is 17.6 Å². The Kier molecular flexibility index (Phi) is 27.7. The number of carbonyl (C=O) groups excluding carboxylic acids is 1. The van der Waals surface area contributed by atoms with Gasteiger partial charge in [-0.25, -0.2) is 44.9 Å². The number of rotatable bonds is 22. The maximum absolute atomic E-state index is 15.4. The number of pyridine rings is 9. The molecule has 0 amide bonds. The number of methoxy groups -OCH3 is 3. The standard InChI is InChI=1S/C30H39FN4O2Si.C21H19FN4O.C17H27IN2Si.C12H10FN3O2.CH4/c1-18(2)38(19(3)4,20(5)6)35-17-26(25-13-21(7)15-33-30(25)35)28(36)24-11-10-23(34-29(24)31)14-22-9-12-27(37-8)32-16-22;1-13-7-18-16(12-25-21(18)24-10-13)9-15-4-5-17(26-20(15)22)8-14-3-6-19(27-2)23-11-14;1-11(2)21(12(3)4,13(5)6)20-10-16(18)15-8-14(7)9-19-17(15)20;1-18-11-5-3-9(6-14-11)15-10-4-2-8(7-17)12(13)16-10;/h9-13,15-20,28,36H,14H2,1-8H3;3-7,10-12H,8-9H2,1-2H3,(H,24,25);8-13H,1-7H3;2-7H,1H3,(H,15,16);1H4. The van der Waals surface area contributed by atoms with Crippen LogP contribution in [0, 0.1) is 42.2 Å². The number of nitrogens with zero attached hydrogens (tertiary/aromatic N) is 11. The lowest BCUT2D eigenvalue weighted by Crippen LogP contribution is -2.51. The highest BCUT2D eigenvalue weighted by molar-refractivity contribution is 14.1. The van der Waals surface area contributed by atoms with Crippen LogP contribution in [0.2, 0.25) is 33.2 Å². The Morgan fingerprint density at radius 3 is 1.46 bits per heavy atom. The summed E-state index contributed by atoms with van der Waals surface area (Å²) in [7, 11) is 0.774. The number of aliphatic hydroxyl groups is 1. The van der Waals surface area contributed by atoms with Crippen LogP contribution in [0.25, 0.3) is 33.1 Å². The average Bonchev–Trinajstić information content (AvgIpc) is 1.62. The average molecular weight is 1570 g/mol. The van der Waals surface area contributed by atoms with Gasteiger partial charge < -0.3 is 38.1 Å². The molecule has 18 nitrogen and oxygen atoms in total. The number of aldehydes is 1. The molecular weight excluding hydrogens is 1480 g/mol. The number of hydrogen-bond acceptors (Lipinski definition) is 15. The second kappa shape index (κ2) is 35.7. The van der Waals surface area contributed by atoms with Gasteiger partial charge >= 0.3 is 0 Å². The Morgan fingerprint density at radius 2 is 0.990 bits per heavy atom. The van der Waals surface area contributed by atoms with E-state index < -0.39 is 40.4 Å². The Labute approximate surface area is 630 Å². The molecule has 0 aliphatic carbocycles. The van der Waals surface area contributed by atoms with Crippen molar-refractivity contribution >= 4 is 90.0 Å². The maximum atomic E-state index is 15.4. The monoisotopic (exact) mass is 1570 g/mol. The number of carbonyl (C=O) groups is 1. The molecule has 0 spiro atoms. The molecule has 3 N–H and O–H groups in total. The third-order valence-electron chi connectivity index (χ3n) is 19.6. The van der Waals surface area contributed by atoms with Crippen LogP contribution in [0.4, 0.5) is 24.7 Å². The van der Waals surface area contributed by atoms with E-state index in [1.807, 2.05) is 69.1 Å². The predicted molar refractivity (Wildman–Crippen MR) is 428 cm³/mol. The third-order valence-corrected chi connectivity index (χ3v) is 33.9. The van der Waals surface area contributed by atoms with Crippen molar-refractivity contribution in [3.63, 3.8) is 0 Å². The first-order chi connectivity index (χ1) is 49.6. The van der Waals surface area contributed by atoms with E-state index >= 15 is 4.39 Å². The maximum Gasteiger partial charge on any atom is 0.225 e. The summed E-state index contributed by atoms with van der Waals surface area (Å²) in [5.74, 6) is -0.0639. The Bertz CT molecular complexity index is 4850. The van der Waals surface area contributed by atoms with Crippen LogP contribution < -0.4 is 19.5 Å². The van der Waals surface area contributed by atoms with Crippen molar-refractivity contribution in [2.24, 2.45) is 0 Å². The van der Waals surface area contributed by atoms with Crippen LogP contribution >= 0.6 is 22.6 Å². The minimum Gasteiger partial charge on any atom is -0.481 e. The van der Waals surface area contributed by atoms with Crippen molar-refractivity contribution in [1.29, 1.82) is 0 Å². The molecule has 0 radical (unpaired) electrons. The SMILES string of the molecule is C.COc1ccc(Cc2ccc(C(O)c3cn([Si](C(C)C)(C(C)C)C(C)C)c4ncc(C)cc34)c(F)n2)cn1.COc1ccc(Cc2ccc(Cc3c[nH]c4ncc(C)cc34)c(F)n2)cn1.COc1ccc(Nc2ccc(C=O)c(F)n2)cn1.Cc1cnc2c(c1)c(I)cn2[Si](C(C)C)(C(C)C)C(C)C. The summed E-state index contributed by atoms with van der Waals surface area (Å²) in [6, 6.07) is 27.1. The molecule has 554 valence electrons. The van der Waals surface area contributed by atoms with Crippen molar-refractivity contribution in [1.82, 2.24) is 58.3 Å². The van der Waals surface area contributed by atoms with Crippen molar-refractivity contribution in [3.05, 3.63) is 235 Å². The summed E-state index contributed by atoms with van der Waals surface area (Å²) >= 11 is 2.47. The fraction of sp³-hybridized carbons (Fsp3) is 0.358. The zero-order valence-electron chi connectivity index (χ0n) is 62.6. The zero-order chi connectivity index (χ0) is 75.5. The van der Waals surface area contributed by atoms with Gasteiger partial charge in [-0.05, 0) is 165 Å². The molecule has 0 saturated carbocycles. The highest BCUT2D eigenvalue weighted by atomic mass is 127. The third kappa shape index (κ3) is 18.2. The van der Waals surface area contributed by atoms with Gasteiger partial charge in [-0.1, -0.05) is 109 Å². The number of fused-ring (bicyclic) bond motifs is 3. The van der Waals surface area contributed by atoms with Crippen LogP contribution in [0.3, 0.4) is 0 Å². The van der Waals surface area contributed by atoms with Gasteiger partial charge in [-0.2, -0.15) is 13.2 Å². The molecule has 24 heteroatoms. The van der Waals surface area contributed by atoms with Crippen molar-refractivity contribution < 1.29 is 37.3 Å². The zero-order valence-corrected chi connectivity index (χ0v) is 66.8. The number of hydrogen-bond donors (Lipinski definition) is 3. The molecule has 0 aliphatic rings. The van der Waals surface area contributed by atoms with Gasteiger partial charge in [0.05, 0.1) is 38.8 Å². The van der Waals surface area contributed by atoms with Gasteiger partial charge in [0.15, 0.2) is 22.8 Å². The van der Waals surface area contributed by atoms with Crippen LogP contribution in [0.15, 0.2) is 147 Å². The van der Waals surface area contributed by atoms with Crippen molar-refractivity contribution in [2.75, 3.05) is 26.6 Å². The van der Waals surface area contributed by atoms with E-state index in [1.165, 1.54) is 45.6 Å². The first kappa shape index (κ1) is 81.4. The number of anilines is 2. The summed E-state index contributed by atoms with van der Waals surface area (Å²) in [5, 5.41) is 17.6. The van der Waals surface area contributed by atoms with Crippen molar-refractivity contribution in [2.45, 2.75) is 170 Å². The van der Waals surface area contributed by atoms with Crippen molar-refractivity contribution in [3.8, 4) is 17.6 Å². The summed E-state index contributed by atoms with van der Waals surface area (Å²) in [6.45, 7) is 34.3. The number of aromatic amines is 1. The summed E-state index contributed by atoms with van der Waals surface area (Å²) < 4.78 is 64.6. The molecular formula is C81H99F3IN13O5Si2. The largest absolute Gasteiger partial charge is 0.481 e. The topological polar surface area (TPSA) is 219 Å². The van der Waals surface area contributed by atoms with Crippen LogP contribution in [0.1, 0.15) is 168 Å². The molecule has 12 aromatic rings. The molecule has 1 atom stereocenters. The fourth-order valence-corrected chi connectivity index (χ4v) is 29.2. The molecule has 0 aliphatic heterocycles. The summed E-state index contributed by atoms with van der Waals surface area (Å²) in [4.78, 5) is 51.9. The van der Waals surface area contributed by atoms with Gasteiger partial charge in [0.25, 0.3) is 0 Å².